The van der Waals surface area contributed by atoms with Crippen LogP contribution in [0.5, 0.6) is 5.75 Å². The molecule has 0 aromatic heterocycles. The first-order valence-corrected chi connectivity index (χ1v) is 5.36. The molecule has 0 saturated carbocycles. The van der Waals surface area contributed by atoms with E-state index in [1.165, 1.54) is 6.92 Å². The van der Waals surface area contributed by atoms with E-state index >= 15 is 0 Å². The van der Waals surface area contributed by atoms with Gasteiger partial charge in [0.05, 0.1) is 5.56 Å². The van der Waals surface area contributed by atoms with Crippen molar-refractivity contribution in [2.75, 3.05) is 0 Å². The summed E-state index contributed by atoms with van der Waals surface area (Å²) in [7, 11) is 0. The Morgan fingerprint density at radius 1 is 1.32 bits per heavy atom. The Labute approximate surface area is 106 Å². The number of ketones is 1. The number of rotatable bonds is 4. The van der Waals surface area contributed by atoms with Gasteiger partial charge in [-0.3, -0.25) is 4.79 Å². The summed E-state index contributed by atoms with van der Waals surface area (Å²) < 4.78 is 66.7. The molecule has 0 bridgehead atoms. The monoisotopic (exact) mass is 282 g/mol. The van der Waals surface area contributed by atoms with Crippen LogP contribution in [0, 0.1) is 0 Å². The van der Waals surface area contributed by atoms with E-state index in [4.69, 9.17) is 0 Å². The Morgan fingerprint density at radius 3 is 2.26 bits per heavy atom. The second-order valence-electron chi connectivity index (χ2n) is 3.79. The number of carbonyl (C=O) groups is 1. The molecule has 0 atom stereocenters. The minimum Gasteiger partial charge on any atom is -0.435 e. The van der Waals surface area contributed by atoms with Crippen molar-refractivity contribution < 1.29 is 31.5 Å². The number of hydrogen-bond acceptors (Lipinski definition) is 2. The predicted octanol–water partition coefficient (Wildman–Crippen LogP) is 4.07. The van der Waals surface area contributed by atoms with Gasteiger partial charge in [-0.2, -0.15) is 22.0 Å². The summed E-state index contributed by atoms with van der Waals surface area (Å²) in [4.78, 5) is 11.3. The lowest BCUT2D eigenvalue weighted by Crippen LogP contribution is -2.15. The Balaban J connectivity index is 3.50. The minimum absolute atomic E-state index is 0.0259. The molecule has 1 aromatic carbocycles. The molecule has 1 aromatic rings. The van der Waals surface area contributed by atoms with Crippen molar-refractivity contribution in [3.8, 4) is 5.75 Å². The highest BCUT2D eigenvalue weighted by atomic mass is 19.4. The molecule has 2 nitrogen and oxygen atoms in total. The lowest BCUT2D eigenvalue weighted by atomic mass is 9.95. The van der Waals surface area contributed by atoms with Crippen LogP contribution < -0.4 is 4.74 Å². The third-order valence-electron chi connectivity index (χ3n) is 2.46. The molecule has 1 rings (SSSR count). The van der Waals surface area contributed by atoms with Crippen LogP contribution in [0.25, 0.3) is 0 Å². The largest absolute Gasteiger partial charge is 0.435 e. The highest BCUT2D eigenvalue weighted by molar-refractivity contribution is 5.97. The first kappa shape index (κ1) is 15.4. The quantitative estimate of drug-likeness (QED) is 0.614. The van der Waals surface area contributed by atoms with Crippen LogP contribution in [-0.4, -0.2) is 12.4 Å². The minimum atomic E-state index is -4.81. The van der Waals surface area contributed by atoms with Crippen LogP contribution >= 0.6 is 0 Å². The highest BCUT2D eigenvalue weighted by Crippen LogP contribution is 2.37. The Bertz CT molecular complexity index is 480. The van der Waals surface area contributed by atoms with Crippen molar-refractivity contribution in [3.05, 3.63) is 28.8 Å². The zero-order valence-corrected chi connectivity index (χ0v) is 10.1. The molecule has 0 amide bonds. The summed E-state index contributed by atoms with van der Waals surface area (Å²) in [6.45, 7) is -0.709. The topological polar surface area (TPSA) is 26.3 Å². The van der Waals surface area contributed by atoms with E-state index in [-0.39, 0.29) is 12.0 Å². The van der Waals surface area contributed by atoms with Gasteiger partial charge >= 0.3 is 12.8 Å². The van der Waals surface area contributed by atoms with E-state index in [2.05, 4.69) is 4.74 Å². The molecule has 106 valence electrons. The maximum atomic E-state index is 12.8. The van der Waals surface area contributed by atoms with Crippen molar-refractivity contribution in [3.63, 3.8) is 0 Å². The predicted molar refractivity (Wildman–Crippen MR) is 57.5 cm³/mol. The van der Waals surface area contributed by atoms with E-state index < -0.39 is 35.4 Å². The molecule has 0 aliphatic heterocycles. The highest BCUT2D eigenvalue weighted by Gasteiger charge is 2.36. The summed E-state index contributed by atoms with van der Waals surface area (Å²) in [5.74, 6) is -1.38. The van der Waals surface area contributed by atoms with Gasteiger partial charge in [-0.1, -0.05) is 6.92 Å². The lowest BCUT2D eigenvalue weighted by Gasteiger charge is -2.16. The zero-order valence-electron chi connectivity index (χ0n) is 10.1. The molecule has 0 spiro atoms. The fourth-order valence-electron chi connectivity index (χ4n) is 1.76. The van der Waals surface area contributed by atoms with E-state index in [1.54, 1.807) is 0 Å². The van der Waals surface area contributed by atoms with E-state index in [0.717, 1.165) is 13.0 Å². The third-order valence-corrected chi connectivity index (χ3v) is 2.46. The van der Waals surface area contributed by atoms with Gasteiger partial charge in [-0.25, -0.2) is 0 Å². The van der Waals surface area contributed by atoms with Crippen LogP contribution in [0.4, 0.5) is 22.0 Å². The average Bonchev–Trinajstić information content (AvgIpc) is 2.25. The van der Waals surface area contributed by atoms with Crippen molar-refractivity contribution in [2.45, 2.75) is 33.1 Å². The second kappa shape index (κ2) is 5.54. The van der Waals surface area contributed by atoms with Crippen molar-refractivity contribution in [1.82, 2.24) is 0 Å². The SMILES string of the molecule is CCc1cc(OC(F)F)cc(C(F)(F)F)c1C(C)=O. The molecular weight excluding hydrogens is 271 g/mol. The van der Waals surface area contributed by atoms with Crippen molar-refractivity contribution >= 4 is 5.78 Å². The molecule has 19 heavy (non-hydrogen) atoms. The number of ether oxygens (including phenoxy) is 1. The number of halogens is 5. The number of benzene rings is 1. The van der Waals surface area contributed by atoms with Gasteiger partial charge < -0.3 is 4.74 Å². The van der Waals surface area contributed by atoms with Gasteiger partial charge in [0.2, 0.25) is 0 Å². The molecular formula is C12H11F5O2. The normalized spacial score (nSPS) is 11.8. The Kier molecular flexibility index (Phi) is 4.49. The number of carbonyl (C=O) groups excluding carboxylic acids is 1. The molecule has 0 aliphatic carbocycles. The van der Waals surface area contributed by atoms with Crippen LogP contribution in [0.1, 0.15) is 35.3 Å². The van der Waals surface area contributed by atoms with Gasteiger partial charge in [0.25, 0.3) is 0 Å². The standard InChI is InChI=1S/C12H11F5O2/c1-3-7-4-8(19-11(13)14)5-9(12(15,16)17)10(7)6(2)18/h4-5,11H,3H2,1-2H3. The third kappa shape index (κ3) is 3.65. The molecule has 0 unspecified atom stereocenters. The van der Waals surface area contributed by atoms with Gasteiger partial charge in [0.1, 0.15) is 5.75 Å². The van der Waals surface area contributed by atoms with Crippen LogP contribution in [0.2, 0.25) is 0 Å². The van der Waals surface area contributed by atoms with E-state index in [9.17, 15) is 26.7 Å². The van der Waals surface area contributed by atoms with Crippen molar-refractivity contribution in [1.29, 1.82) is 0 Å². The molecule has 0 heterocycles. The summed E-state index contributed by atoms with van der Waals surface area (Å²) in [5, 5.41) is 0. The first-order valence-electron chi connectivity index (χ1n) is 5.36. The molecule has 0 fully saturated rings. The Hall–Kier alpha value is -1.66. The van der Waals surface area contributed by atoms with Crippen molar-refractivity contribution in [2.24, 2.45) is 0 Å². The molecule has 7 heteroatoms. The smallest absolute Gasteiger partial charge is 0.417 e. The maximum Gasteiger partial charge on any atom is 0.417 e. The van der Waals surface area contributed by atoms with Gasteiger partial charge in [0, 0.05) is 5.56 Å². The molecule has 0 saturated heterocycles. The fourth-order valence-corrected chi connectivity index (χ4v) is 1.76. The van der Waals surface area contributed by atoms with E-state index in [1.807, 2.05) is 0 Å². The number of Topliss-reactive ketones (excluding diaryl/α,β-unsaturated/α-hetero) is 1. The summed E-state index contributed by atoms with van der Waals surface area (Å²) >= 11 is 0. The number of hydrogen-bond donors (Lipinski definition) is 0. The van der Waals surface area contributed by atoms with Crippen LogP contribution in [0.3, 0.4) is 0 Å². The maximum absolute atomic E-state index is 12.8. The molecule has 0 aliphatic rings. The van der Waals surface area contributed by atoms with Crippen LogP contribution in [0.15, 0.2) is 12.1 Å². The van der Waals surface area contributed by atoms with Gasteiger partial charge in [-0.05, 0) is 31.0 Å². The second-order valence-corrected chi connectivity index (χ2v) is 3.79. The fraction of sp³-hybridized carbons (Fsp3) is 0.417. The van der Waals surface area contributed by atoms with E-state index in [0.29, 0.717) is 6.07 Å². The van der Waals surface area contributed by atoms with Gasteiger partial charge in [-0.15, -0.1) is 0 Å². The molecule has 0 radical (unpaired) electrons. The summed E-state index contributed by atoms with van der Waals surface area (Å²) in [6, 6.07) is 1.44. The van der Waals surface area contributed by atoms with Crippen LogP contribution in [-0.2, 0) is 12.6 Å². The number of alkyl halides is 5. The first-order chi connectivity index (χ1) is 8.66. The molecule has 0 N–H and O–H groups in total. The summed E-state index contributed by atoms with van der Waals surface area (Å²) in [5.41, 5.74) is -1.73. The zero-order chi connectivity index (χ0) is 14.8. The lowest BCUT2D eigenvalue weighted by molar-refractivity contribution is -0.138. The summed E-state index contributed by atoms with van der Waals surface area (Å²) in [6.07, 6.45) is -4.72. The van der Waals surface area contributed by atoms with Gasteiger partial charge in [0.15, 0.2) is 5.78 Å². The Morgan fingerprint density at radius 2 is 1.89 bits per heavy atom. The number of aryl methyl sites for hydroxylation is 1. The average molecular weight is 282 g/mol.